The first-order valence-electron chi connectivity index (χ1n) is 7.11. The largest absolute Gasteiger partial charge is 0.492 e. The minimum atomic E-state index is 0. The highest BCUT2D eigenvalue weighted by molar-refractivity contribution is 6.32. The zero-order valence-corrected chi connectivity index (χ0v) is 13.3. The number of halogens is 2. The van der Waals surface area contributed by atoms with E-state index in [4.69, 9.17) is 16.3 Å². The zero-order valence-electron chi connectivity index (χ0n) is 11.8. The molecule has 2 saturated heterocycles. The molecular weight excluding hydrogens is 295 g/mol. The molecule has 20 heavy (non-hydrogen) atoms. The Balaban J connectivity index is 0.00000147. The van der Waals surface area contributed by atoms with Crippen molar-refractivity contribution in [2.24, 2.45) is 11.8 Å². The summed E-state index contributed by atoms with van der Waals surface area (Å²) in [5.74, 6) is 2.52. The Morgan fingerprint density at radius 1 is 1.30 bits per heavy atom. The van der Waals surface area contributed by atoms with Crippen molar-refractivity contribution in [3.63, 3.8) is 0 Å². The van der Waals surface area contributed by atoms with Crippen LogP contribution in [0.2, 0.25) is 5.02 Å². The Kier molecular flexibility index (Phi) is 5.56. The lowest BCUT2D eigenvalue weighted by molar-refractivity contribution is 0.289. The molecule has 2 aliphatic heterocycles. The van der Waals surface area contributed by atoms with Crippen LogP contribution < -0.4 is 10.1 Å². The van der Waals surface area contributed by atoms with Crippen LogP contribution in [0.4, 0.5) is 0 Å². The van der Waals surface area contributed by atoms with Crippen molar-refractivity contribution in [1.82, 2.24) is 10.2 Å². The lowest BCUT2D eigenvalue weighted by atomic mass is 10.0. The number of hydrogen-bond donors (Lipinski definition) is 1. The number of nitrogens with zero attached hydrogens (tertiary/aromatic N) is 1. The van der Waals surface area contributed by atoms with E-state index < -0.39 is 0 Å². The Morgan fingerprint density at radius 2 is 2.00 bits per heavy atom. The molecule has 0 spiro atoms. The molecule has 1 aromatic rings. The lowest BCUT2D eigenvalue weighted by Gasteiger charge is -2.19. The molecule has 112 valence electrons. The average Bonchev–Trinajstić information content (AvgIpc) is 2.94. The van der Waals surface area contributed by atoms with E-state index in [0.29, 0.717) is 6.61 Å². The molecule has 0 radical (unpaired) electrons. The van der Waals surface area contributed by atoms with Gasteiger partial charge in [0.15, 0.2) is 0 Å². The minimum absolute atomic E-state index is 0. The van der Waals surface area contributed by atoms with E-state index in [9.17, 15) is 0 Å². The molecule has 3 rings (SSSR count). The summed E-state index contributed by atoms with van der Waals surface area (Å²) in [6.07, 6.45) is 0. The molecular formula is C15H22Cl2N2O. The molecule has 0 amide bonds. The molecule has 2 atom stereocenters. The summed E-state index contributed by atoms with van der Waals surface area (Å²) in [6, 6.07) is 6.04. The van der Waals surface area contributed by atoms with E-state index >= 15 is 0 Å². The number of hydrogen-bond acceptors (Lipinski definition) is 3. The summed E-state index contributed by atoms with van der Waals surface area (Å²) in [6.45, 7) is 8.34. The third-order valence-corrected chi connectivity index (χ3v) is 4.49. The summed E-state index contributed by atoms with van der Waals surface area (Å²) in [7, 11) is 0. The molecule has 1 aromatic carbocycles. The summed E-state index contributed by atoms with van der Waals surface area (Å²) in [4.78, 5) is 2.53. The van der Waals surface area contributed by atoms with Crippen molar-refractivity contribution in [2.75, 3.05) is 32.8 Å². The van der Waals surface area contributed by atoms with Gasteiger partial charge < -0.3 is 10.1 Å². The summed E-state index contributed by atoms with van der Waals surface area (Å²) in [5.41, 5.74) is 1.21. The summed E-state index contributed by atoms with van der Waals surface area (Å²) < 4.78 is 5.70. The van der Waals surface area contributed by atoms with Crippen molar-refractivity contribution >= 4 is 24.0 Å². The average molecular weight is 317 g/mol. The van der Waals surface area contributed by atoms with E-state index in [1.807, 2.05) is 19.1 Å². The normalized spacial score (nSPS) is 25.3. The molecule has 2 aliphatic rings. The molecule has 1 N–H and O–H groups in total. The third-order valence-electron chi connectivity index (χ3n) is 4.20. The predicted octanol–water partition coefficient (Wildman–Crippen LogP) is 2.81. The molecule has 0 saturated carbocycles. The van der Waals surface area contributed by atoms with E-state index in [2.05, 4.69) is 16.3 Å². The molecule has 5 heteroatoms. The van der Waals surface area contributed by atoms with Crippen LogP contribution in [-0.4, -0.2) is 37.7 Å². The standard InChI is InChI=1S/C15H21ClN2O.ClH/c1-2-19-15-11(4-3-5-14(15)16)8-18-9-12-6-17-7-13(12)10-18;/h3-5,12-13,17H,2,6-10H2,1H3;1H/t12-,13+;. The molecule has 3 nitrogen and oxygen atoms in total. The number of ether oxygens (including phenoxy) is 1. The topological polar surface area (TPSA) is 24.5 Å². The van der Waals surface area contributed by atoms with E-state index in [1.54, 1.807) is 0 Å². The van der Waals surface area contributed by atoms with Crippen LogP contribution in [0.15, 0.2) is 18.2 Å². The van der Waals surface area contributed by atoms with Crippen LogP contribution >= 0.6 is 24.0 Å². The second-order valence-electron chi connectivity index (χ2n) is 5.53. The van der Waals surface area contributed by atoms with Gasteiger partial charge in [-0.25, -0.2) is 0 Å². The smallest absolute Gasteiger partial charge is 0.142 e. The fourth-order valence-corrected chi connectivity index (χ4v) is 3.56. The van der Waals surface area contributed by atoms with Gasteiger partial charge in [-0.3, -0.25) is 4.90 Å². The fourth-order valence-electron chi connectivity index (χ4n) is 3.31. The molecule has 0 unspecified atom stereocenters. The van der Waals surface area contributed by atoms with E-state index in [-0.39, 0.29) is 12.4 Å². The first-order chi connectivity index (χ1) is 9.28. The van der Waals surface area contributed by atoms with Gasteiger partial charge in [0.1, 0.15) is 5.75 Å². The molecule has 0 aliphatic carbocycles. The van der Waals surface area contributed by atoms with E-state index in [0.717, 1.165) is 29.2 Å². The van der Waals surface area contributed by atoms with Crippen LogP contribution in [0.25, 0.3) is 0 Å². The number of para-hydroxylation sites is 1. The quantitative estimate of drug-likeness (QED) is 0.924. The van der Waals surface area contributed by atoms with Gasteiger partial charge in [-0.15, -0.1) is 12.4 Å². The van der Waals surface area contributed by atoms with Crippen LogP contribution in [0.5, 0.6) is 5.75 Å². The molecule has 0 bridgehead atoms. The highest BCUT2D eigenvalue weighted by Crippen LogP contribution is 2.32. The number of benzene rings is 1. The molecule has 2 fully saturated rings. The molecule has 2 heterocycles. The number of nitrogens with one attached hydrogen (secondary N) is 1. The van der Waals surface area contributed by atoms with Gasteiger partial charge in [0, 0.05) is 25.2 Å². The van der Waals surface area contributed by atoms with E-state index in [1.165, 1.54) is 31.7 Å². The second-order valence-corrected chi connectivity index (χ2v) is 5.94. The Labute approximate surface area is 132 Å². The van der Waals surface area contributed by atoms with Crippen molar-refractivity contribution in [1.29, 1.82) is 0 Å². The van der Waals surface area contributed by atoms with Gasteiger partial charge in [-0.2, -0.15) is 0 Å². The van der Waals surface area contributed by atoms with Crippen LogP contribution in [0.3, 0.4) is 0 Å². The predicted molar refractivity (Wildman–Crippen MR) is 85.0 cm³/mol. The monoisotopic (exact) mass is 316 g/mol. The fraction of sp³-hybridized carbons (Fsp3) is 0.600. The van der Waals surface area contributed by atoms with Crippen molar-refractivity contribution in [3.05, 3.63) is 28.8 Å². The van der Waals surface area contributed by atoms with Gasteiger partial charge in [0.2, 0.25) is 0 Å². The highest BCUT2D eigenvalue weighted by atomic mass is 35.5. The zero-order chi connectivity index (χ0) is 13.2. The van der Waals surface area contributed by atoms with Crippen molar-refractivity contribution < 1.29 is 4.74 Å². The van der Waals surface area contributed by atoms with Gasteiger partial charge in [0.25, 0.3) is 0 Å². The Bertz CT molecular complexity index is 443. The molecule has 0 aromatic heterocycles. The minimum Gasteiger partial charge on any atom is -0.492 e. The number of rotatable bonds is 4. The maximum Gasteiger partial charge on any atom is 0.142 e. The van der Waals surface area contributed by atoms with Gasteiger partial charge >= 0.3 is 0 Å². The van der Waals surface area contributed by atoms with Gasteiger partial charge in [0.05, 0.1) is 11.6 Å². The maximum absolute atomic E-state index is 6.24. The van der Waals surface area contributed by atoms with Crippen LogP contribution in [-0.2, 0) is 6.54 Å². The Hall–Kier alpha value is -0.480. The third kappa shape index (κ3) is 3.22. The first kappa shape index (κ1) is 15.9. The van der Waals surface area contributed by atoms with Crippen LogP contribution in [0, 0.1) is 11.8 Å². The summed E-state index contributed by atoms with van der Waals surface area (Å²) in [5, 5.41) is 4.20. The second kappa shape index (κ2) is 6.99. The van der Waals surface area contributed by atoms with Crippen LogP contribution in [0.1, 0.15) is 12.5 Å². The first-order valence-corrected chi connectivity index (χ1v) is 7.49. The highest BCUT2D eigenvalue weighted by Gasteiger charge is 2.36. The van der Waals surface area contributed by atoms with Crippen molar-refractivity contribution in [2.45, 2.75) is 13.5 Å². The van der Waals surface area contributed by atoms with Gasteiger partial charge in [-0.05, 0) is 37.9 Å². The van der Waals surface area contributed by atoms with Crippen molar-refractivity contribution in [3.8, 4) is 5.75 Å². The lowest BCUT2D eigenvalue weighted by Crippen LogP contribution is -2.25. The Morgan fingerprint density at radius 3 is 2.65 bits per heavy atom. The summed E-state index contributed by atoms with van der Waals surface area (Å²) >= 11 is 6.24. The maximum atomic E-state index is 6.24. The van der Waals surface area contributed by atoms with Gasteiger partial charge in [-0.1, -0.05) is 23.7 Å². The number of likely N-dealkylation sites (tertiary alicyclic amines) is 1. The number of fused-ring (bicyclic) bond motifs is 1. The SMILES string of the molecule is CCOc1c(Cl)cccc1CN1C[C@H]2CNC[C@H]2C1.Cl.